The molecule has 0 saturated heterocycles. The van der Waals surface area contributed by atoms with Gasteiger partial charge in [0.1, 0.15) is 17.4 Å². The molecular weight excluding hydrogens is 509 g/mol. The van der Waals surface area contributed by atoms with Crippen molar-refractivity contribution in [2.45, 2.75) is 40.3 Å². The standard InChI is InChI=1S/C27H27ClFN7O2/c1-13-6-8-18(20(28)10-13)24-23(25(37)30-12-19-14(2)35-36(5)16(19)4)15(3)31-26(33-24)34-27-32-21-9-7-17(29)11-22(21)38-27/h6-11,24H,12H2,1-5H3,(H,30,37)(H2,31,32,33,34). The molecule has 4 aromatic rings. The van der Waals surface area contributed by atoms with Crippen molar-refractivity contribution >= 4 is 40.6 Å². The number of oxazole rings is 1. The molecule has 0 bridgehead atoms. The summed E-state index contributed by atoms with van der Waals surface area (Å²) in [7, 11) is 1.87. The van der Waals surface area contributed by atoms with Crippen LogP contribution >= 0.6 is 11.6 Å². The monoisotopic (exact) mass is 535 g/mol. The van der Waals surface area contributed by atoms with E-state index in [-0.39, 0.29) is 11.9 Å². The summed E-state index contributed by atoms with van der Waals surface area (Å²) in [5, 5.41) is 14.1. The molecule has 9 nitrogen and oxygen atoms in total. The predicted octanol–water partition coefficient (Wildman–Crippen LogP) is 4.98. The summed E-state index contributed by atoms with van der Waals surface area (Å²) in [6.07, 6.45) is 0. The Morgan fingerprint density at radius 3 is 2.68 bits per heavy atom. The summed E-state index contributed by atoms with van der Waals surface area (Å²) in [6, 6.07) is 9.16. The lowest BCUT2D eigenvalue weighted by Gasteiger charge is -2.27. The van der Waals surface area contributed by atoms with Crippen molar-refractivity contribution in [2.75, 3.05) is 5.32 Å². The fourth-order valence-electron chi connectivity index (χ4n) is 4.50. The van der Waals surface area contributed by atoms with Gasteiger partial charge in [0.25, 0.3) is 5.91 Å². The second kappa shape index (κ2) is 9.94. The number of halogens is 2. The molecule has 11 heteroatoms. The molecule has 0 spiro atoms. The maximum atomic E-state index is 13.6. The molecule has 0 aliphatic carbocycles. The van der Waals surface area contributed by atoms with Crippen LogP contribution in [-0.2, 0) is 18.4 Å². The number of hydrogen-bond acceptors (Lipinski definition) is 7. The largest absolute Gasteiger partial charge is 0.423 e. The quantitative estimate of drug-likeness (QED) is 0.332. The van der Waals surface area contributed by atoms with E-state index < -0.39 is 11.9 Å². The van der Waals surface area contributed by atoms with Gasteiger partial charge in [-0.1, -0.05) is 23.7 Å². The average molecular weight is 536 g/mol. The van der Waals surface area contributed by atoms with E-state index in [0.29, 0.717) is 45.5 Å². The summed E-state index contributed by atoms with van der Waals surface area (Å²) >= 11 is 6.63. The van der Waals surface area contributed by atoms with E-state index in [0.717, 1.165) is 22.5 Å². The van der Waals surface area contributed by atoms with Crippen LogP contribution in [0.5, 0.6) is 0 Å². The first kappa shape index (κ1) is 25.5. The summed E-state index contributed by atoms with van der Waals surface area (Å²) < 4.78 is 21.0. The summed E-state index contributed by atoms with van der Waals surface area (Å²) in [5.41, 5.74) is 6.29. The van der Waals surface area contributed by atoms with Crippen molar-refractivity contribution in [1.29, 1.82) is 0 Å². The van der Waals surface area contributed by atoms with Crippen LogP contribution < -0.4 is 16.0 Å². The highest BCUT2D eigenvalue weighted by atomic mass is 35.5. The zero-order chi connectivity index (χ0) is 27.1. The first-order chi connectivity index (χ1) is 18.1. The van der Waals surface area contributed by atoms with Gasteiger partial charge < -0.3 is 15.1 Å². The molecule has 3 heterocycles. The third kappa shape index (κ3) is 4.87. The van der Waals surface area contributed by atoms with Crippen LogP contribution in [0, 0.1) is 26.6 Å². The van der Waals surface area contributed by atoms with Gasteiger partial charge in [0, 0.05) is 47.2 Å². The van der Waals surface area contributed by atoms with Crippen LogP contribution in [0.1, 0.15) is 41.0 Å². The Bertz CT molecular complexity index is 1640. The minimum absolute atomic E-state index is 0.133. The number of carbonyl (C=O) groups is 1. The van der Waals surface area contributed by atoms with Gasteiger partial charge in [0.2, 0.25) is 5.96 Å². The molecule has 5 rings (SSSR count). The van der Waals surface area contributed by atoms with Gasteiger partial charge in [-0.25, -0.2) is 9.38 Å². The number of guanidine groups is 1. The summed E-state index contributed by atoms with van der Waals surface area (Å²) in [4.78, 5) is 22.7. The zero-order valence-corrected chi connectivity index (χ0v) is 22.4. The number of aryl methyl sites for hydroxylation is 3. The SMILES string of the molecule is CC1=C(C(=O)NCc2c(C)nn(C)c2C)C(c2ccc(C)cc2Cl)N=C(Nc2nc3ccc(F)cc3o2)N1. The van der Waals surface area contributed by atoms with Gasteiger partial charge in [-0.15, -0.1) is 0 Å². The van der Waals surface area contributed by atoms with Gasteiger partial charge in [-0.2, -0.15) is 10.1 Å². The van der Waals surface area contributed by atoms with E-state index in [2.05, 4.69) is 26.0 Å². The summed E-state index contributed by atoms with van der Waals surface area (Å²) in [6.45, 7) is 7.94. The van der Waals surface area contributed by atoms with Crippen molar-refractivity contribution in [3.05, 3.63) is 86.6 Å². The van der Waals surface area contributed by atoms with Crippen LogP contribution in [0.2, 0.25) is 5.02 Å². The number of nitrogens with one attached hydrogen (secondary N) is 3. The van der Waals surface area contributed by atoms with E-state index in [1.54, 1.807) is 11.6 Å². The van der Waals surface area contributed by atoms with E-state index in [9.17, 15) is 9.18 Å². The molecule has 3 N–H and O–H groups in total. The van der Waals surface area contributed by atoms with E-state index in [1.165, 1.54) is 18.2 Å². The minimum Gasteiger partial charge on any atom is -0.423 e. The lowest BCUT2D eigenvalue weighted by atomic mass is 9.94. The minimum atomic E-state index is -0.704. The normalized spacial score (nSPS) is 15.4. The smallest absolute Gasteiger partial charge is 0.302 e. The molecule has 0 saturated carbocycles. The Hall–Kier alpha value is -4.18. The third-order valence-corrected chi connectivity index (χ3v) is 6.92. The number of hydrogen-bond donors (Lipinski definition) is 3. The third-order valence-electron chi connectivity index (χ3n) is 6.60. The molecule has 0 fully saturated rings. The van der Waals surface area contributed by atoms with Crippen molar-refractivity contribution in [1.82, 2.24) is 25.4 Å². The van der Waals surface area contributed by atoms with Gasteiger partial charge in [-0.05, 0) is 51.5 Å². The van der Waals surface area contributed by atoms with Crippen LogP contribution in [0.15, 0.2) is 57.1 Å². The number of allylic oxidation sites excluding steroid dienone is 1. The van der Waals surface area contributed by atoms with E-state index in [1.807, 2.05) is 46.0 Å². The Labute approximate surface area is 223 Å². The molecule has 2 aromatic carbocycles. The van der Waals surface area contributed by atoms with E-state index in [4.69, 9.17) is 21.0 Å². The summed E-state index contributed by atoms with van der Waals surface area (Å²) in [5.74, 6) is -0.389. The number of benzene rings is 2. The molecule has 38 heavy (non-hydrogen) atoms. The highest BCUT2D eigenvalue weighted by Gasteiger charge is 2.31. The maximum Gasteiger partial charge on any atom is 0.302 e. The topological polar surface area (TPSA) is 109 Å². The predicted molar refractivity (Wildman–Crippen MR) is 144 cm³/mol. The van der Waals surface area contributed by atoms with Crippen LogP contribution in [0.25, 0.3) is 11.1 Å². The van der Waals surface area contributed by atoms with Crippen LogP contribution in [0.4, 0.5) is 10.4 Å². The molecule has 0 radical (unpaired) electrons. The first-order valence-electron chi connectivity index (χ1n) is 12.0. The lowest BCUT2D eigenvalue weighted by molar-refractivity contribution is -0.118. The number of anilines is 1. The van der Waals surface area contributed by atoms with Gasteiger partial charge in [0.15, 0.2) is 5.58 Å². The van der Waals surface area contributed by atoms with Crippen molar-refractivity contribution in [3.8, 4) is 0 Å². The Kier molecular flexibility index (Phi) is 6.66. The van der Waals surface area contributed by atoms with Gasteiger partial charge in [-0.3, -0.25) is 14.8 Å². The molecule has 1 aliphatic heterocycles. The number of amides is 1. The Balaban J connectivity index is 1.46. The van der Waals surface area contributed by atoms with Gasteiger partial charge >= 0.3 is 6.01 Å². The number of fused-ring (bicyclic) bond motifs is 1. The van der Waals surface area contributed by atoms with Crippen molar-refractivity contribution in [2.24, 2.45) is 12.0 Å². The molecular formula is C27H27ClFN7O2. The van der Waals surface area contributed by atoms with Crippen molar-refractivity contribution in [3.63, 3.8) is 0 Å². The highest BCUT2D eigenvalue weighted by Crippen LogP contribution is 2.35. The average Bonchev–Trinajstić information content (AvgIpc) is 3.35. The highest BCUT2D eigenvalue weighted by molar-refractivity contribution is 6.31. The molecule has 1 unspecified atom stereocenters. The lowest BCUT2D eigenvalue weighted by Crippen LogP contribution is -2.39. The second-order valence-electron chi connectivity index (χ2n) is 9.28. The number of rotatable bonds is 5. The number of carbonyl (C=O) groups excluding carboxylic acids is 1. The van der Waals surface area contributed by atoms with Crippen LogP contribution in [-0.4, -0.2) is 26.6 Å². The maximum absolute atomic E-state index is 13.6. The molecule has 2 aromatic heterocycles. The fraction of sp³-hybridized carbons (Fsp3) is 0.259. The molecule has 1 amide bonds. The fourth-order valence-corrected chi connectivity index (χ4v) is 4.84. The molecule has 1 aliphatic rings. The Morgan fingerprint density at radius 1 is 1.18 bits per heavy atom. The number of nitrogens with zero attached hydrogens (tertiary/aromatic N) is 4. The van der Waals surface area contributed by atoms with Gasteiger partial charge in [0.05, 0.1) is 11.3 Å². The van der Waals surface area contributed by atoms with E-state index >= 15 is 0 Å². The first-order valence-corrected chi connectivity index (χ1v) is 12.4. The molecule has 196 valence electrons. The number of aromatic nitrogens is 3. The Morgan fingerprint density at radius 2 is 1.97 bits per heavy atom. The van der Waals surface area contributed by atoms with Crippen molar-refractivity contribution < 1.29 is 13.6 Å². The number of aliphatic imine (C=N–C) groups is 1. The zero-order valence-electron chi connectivity index (χ0n) is 21.6. The van der Waals surface area contributed by atoms with Crippen LogP contribution in [0.3, 0.4) is 0 Å². The molecule has 1 atom stereocenters. The second-order valence-corrected chi connectivity index (χ2v) is 9.69.